The molecule has 9 N–H and O–H groups in total. The maximum Gasteiger partial charge on any atom is 0.187 e. The average molecular weight is 757 g/mol. The maximum absolute atomic E-state index is 12.8. The molecule has 0 bridgehead atoms. The van der Waals surface area contributed by atoms with Crippen LogP contribution in [0.1, 0.15) is 66.7 Å². The molecule has 0 radical (unpaired) electrons. The fourth-order valence-electron chi connectivity index (χ4n) is 11.3. The van der Waals surface area contributed by atoms with Gasteiger partial charge in [0.1, 0.15) is 36.6 Å². The highest BCUT2D eigenvalue weighted by molar-refractivity contribution is 5.33. The van der Waals surface area contributed by atoms with E-state index in [2.05, 4.69) is 26.0 Å². The number of hydrogen-bond donors (Lipinski definition) is 9. The number of aliphatic hydroxyl groups excluding tert-OH is 8. The zero-order valence-corrected chi connectivity index (χ0v) is 31.8. The van der Waals surface area contributed by atoms with Gasteiger partial charge in [0.05, 0.1) is 49.8 Å². The zero-order chi connectivity index (χ0) is 38.8. The quantitative estimate of drug-likeness (QED) is 0.134. The number of methoxy groups -OCH3 is 1. The second-order valence-corrected chi connectivity index (χ2v) is 17.7. The standard InChI is InChI=1S/C39H64O14/c1-18(20(3)15-50-35-32(47)28(43)24(41)16-51-35)7-8-19(2)27-30(45)31(46)34-38(27,5)12-10-26-37(4)11-9-21(13-22(37)23(40)14-39(26,34)48)53-36-33(49-6)29(44)25(42)17-52-36/h7-8,13,18-21,23-36,40-48H,9-12,14-17H2,1-6H3/t18-,19-,20?,21+,23-,24-,25-,26-,27+,28+,29+,30-,31+,32-,33-,34-,35-,36+,37+,38-,39+/m1/s1. The highest BCUT2D eigenvalue weighted by Gasteiger charge is 2.72. The van der Waals surface area contributed by atoms with Gasteiger partial charge in [-0.1, -0.05) is 52.8 Å². The summed E-state index contributed by atoms with van der Waals surface area (Å²) in [6, 6.07) is 0. The summed E-state index contributed by atoms with van der Waals surface area (Å²) in [6.45, 7) is 10.2. The van der Waals surface area contributed by atoms with E-state index in [1.54, 1.807) is 0 Å². The van der Waals surface area contributed by atoms with E-state index in [1.165, 1.54) is 7.11 Å². The van der Waals surface area contributed by atoms with Crippen molar-refractivity contribution in [3.8, 4) is 0 Å². The second kappa shape index (κ2) is 15.7. The van der Waals surface area contributed by atoms with Crippen molar-refractivity contribution in [2.75, 3.05) is 26.9 Å². The summed E-state index contributed by atoms with van der Waals surface area (Å²) in [5.41, 5.74) is -1.87. The second-order valence-electron chi connectivity index (χ2n) is 17.7. The number of rotatable bonds is 10. The van der Waals surface area contributed by atoms with Crippen molar-refractivity contribution in [3.63, 3.8) is 0 Å². The first kappa shape index (κ1) is 41.6. The normalized spacial score (nSPS) is 51.9. The third kappa shape index (κ3) is 7.22. The Hall–Kier alpha value is -1.08. The molecule has 2 saturated heterocycles. The van der Waals surface area contributed by atoms with Crippen molar-refractivity contribution in [2.45, 2.75) is 146 Å². The molecule has 0 aromatic rings. The first-order valence-corrected chi connectivity index (χ1v) is 19.5. The lowest BCUT2D eigenvalue weighted by Crippen LogP contribution is -2.66. The van der Waals surface area contributed by atoms with E-state index in [-0.39, 0.29) is 55.8 Å². The van der Waals surface area contributed by atoms with Crippen LogP contribution in [0.4, 0.5) is 0 Å². The molecule has 6 aliphatic rings. The monoisotopic (exact) mass is 756 g/mol. The summed E-state index contributed by atoms with van der Waals surface area (Å²) in [5.74, 6) is -1.43. The molecule has 5 fully saturated rings. The molecule has 14 nitrogen and oxygen atoms in total. The first-order chi connectivity index (χ1) is 24.9. The topological polar surface area (TPSA) is 228 Å². The average Bonchev–Trinajstić information content (AvgIpc) is 3.32. The van der Waals surface area contributed by atoms with Gasteiger partial charge in [-0.05, 0) is 71.7 Å². The Morgan fingerprint density at radius 1 is 0.830 bits per heavy atom. The fourth-order valence-corrected chi connectivity index (χ4v) is 11.3. The fraction of sp³-hybridized carbons (Fsp3) is 0.897. The molecule has 2 aliphatic heterocycles. The minimum absolute atomic E-state index is 0.000113. The minimum Gasteiger partial charge on any atom is -0.390 e. The van der Waals surface area contributed by atoms with Crippen molar-refractivity contribution < 1.29 is 69.6 Å². The number of ether oxygens (including phenoxy) is 5. The van der Waals surface area contributed by atoms with E-state index in [9.17, 15) is 46.0 Å². The number of hydrogen-bond acceptors (Lipinski definition) is 14. The van der Waals surface area contributed by atoms with Crippen LogP contribution in [0, 0.1) is 46.3 Å². The SMILES string of the molecule is CO[C@H]1[C@H](O[C@@H]2C=C3[C@H](O)C[C@@]4(O)[C@@H]5[C@@H](O)[C@H](O)[C@H]([C@H](C)C=C[C@@H](C)C(C)CO[C@@H]6OC[C@@H](O)[C@H](O)[C@H]6O)[C@@]5(C)CC[C@@H]4[C@@]3(C)CC2)OC[C@@H](O)[C@@H]1O. The predicted octanol–water partition coefficient (Wildman–Crippen LogP) is -0.00890. The minimum atomic E-state index is -1.44. The first-order valence-electron chi connectivity index (χ1n) is 19.5. The number of aliphatic hydroxyl groups is 9. The van der Waals surface area contributed by atoms with E-state index < -0.39 is 96.0 Å². The predicted molar refractivity (Wildman–Crippen MR) is 189 cm³/mol. The molecule has 53 heavy (non-hydrogen) atoms. The van der Waals surface area contributed by atoms with Crippen LogP contribution in [-0.4, -0.2) is 152 Å². The highest BCUT2D eigenvalue weighted by Crippen LogP contribution is 2.69. The van der Waals surface area contributed by atoms with Crippen molar-refractivity contribution in [1.82, 2.24) is 0 Å². The lowest BCUT2D eigenvalue weighted by atomic mass is 9.43. The van der Waals surface area contributed by atoms with Gasteiger partial charge in [-0.2, -0.15) is 0 Å². The Bertz CT molecular complexity index is 1330. The van der Waals surface area contributed by atoms with E-state index in [0.717, 1.165) is 5.57 Å². The summed E-state index contributed by atoms with van der Waals surface area (Å²) >= 11 is 0. The highest BCUT2D eigenvalue weighted by atomic mass is 16.7. The van der Waals surface area contributed by atoms with E-state index in [4.69, 9.17) is 23.7 Å². The number of allylic oxidation sites excluding steroid dienone is 2. The van der Waals surface area contributed by atoms with Crippen LogP contribution in [-0.2, 0) is 23.7 Å². The Morgan fingerprint density at radius 3 is 2.17 bits per heavy atom. The van der Waals surface area contributed by atoms with Crippen LogP contribution in [0.3, 0.4) is 0 Å². The number of fused-ring (bicyclic) bond motifs is 5. The molecule has 21 atom stereocenters. The van der Waals surface area contributed by atoms with Crippen LogP contribution >= 0.6 is 0 Å². The molecule has 2 heterocycles. The van der Waals surface area contributed by atoms with Gasteiger partial charge in [0.2, 0.25) is 0 Å². The zero-order valence-electron chi connectivity index (χ0n) is 31.8. The van der Waals surface area contributed by atoms with Crippen molar-refractivity contribution in [3.05, 3.63) is 23.8 Å². The van der Waals surface area contributed by atoms with Crippen molar-refractivity contribution in [1.29, 1.82) is 0 Å². The van der Waals surface area contributed by atoms with Gasteiger partial charge >= 0.3 is 0 Å². The molecule has 6 rings (SSSR count). The summed E-state index contributed by atoms with van der Waals surface area (Å²) in [7, 11) is 1.42. The molecule has 3 saturated carbocycles. The molecular weight excluding hydrogens is 692 g/mol. The Balaban J connectivity index is 1.14. The van der Waals surface area contributed by atoms with Crippen LogP contribution in [0.2, 0.25) is 0 Å². The van der Waals surface area contributed by atoms with Gasteiger partial charge in [0.25, 0.3) is 0 Å². The van der Waals surface area contributed by atoms with Crippen LogP contribution in [0.15, 0.2) is 23.8 Å². The van der Waals surface area contributed by atoms with E-state index >= 15 is 0 Å². The molecule has 0 aromatic heterocycles. The van der Waals surface area contributed by atoms with E-state index in [1.807, 2.05) is 26.8 Å². The van der Waals surface area contributed by atoms with Gasteiger partial charge in [-0.15, -0.1) is 0 Å². The molecule has 0 spiro atoms. The van der Waals surface area contributed by atoms with Gasteiger partial charge in [0.15, 0.2) is 12.6 Å². The van der Waals surface area contributed by atoms with E-state index in [0.29, 0.717) is 25.7 Å². The van der Waals surface area contributed by atoms with Crippen LogP contribution in [0.5, 0.6) is 0 Å². The van der Waals surface area contributed by atoms with Gasteiger partial charge < -0.3 is 69.6 Å². The Kier molecular flexibility index (Phi) is 12.3. The molecule has 14 heteroatoms. The summed E-state index contributed by atoms with van der Waals surface area (Å²) < 4.78 is 28.4. The van der Waals surface area contributed by atoms with Crippen molar-refractivity contribution >= 4 is 0 Å². The van der Waals surface area contributed by atoms with Crippen molar-refractivity contribution in [2.24, 2.45) is 46.3 Å². The molecule has 4 aliphatic carbocycles. The lowest BCUT2D eigenvalue weighted by molar-refractivity contribution is -0.285. The maximum atomic E-state index is 12.8. The van der Waals surface area contributed by atoms with Gasteiger partial charge in [-0.3, -0.25) is 0 Å². The molecule has 304 valence electrons. The van der Waals surface area contributed by atoms with Gasteiger partial charge in [-0.25, -0.2) is 0 Å². The Labute approximate surface area is 312 Å². The molecule has 1 unspecified atom stereocenters. The summed E-state index contributed by atoms with van der Waals surface area (Å²) in [5, 5.41) is 98.3. The molecule has 0 aromatic carbocycles. The lowest BCUT2D eigenvalue weighted by Gasteiger charge is -2.63. The Morgan fingerprint density at radius 2 is 1.49 bits per heavy atom. The van der Waals surface area contributed by atoms with Crippen LogP contribution in [0.25, 0.3) is 0 Å². The smallest absolute Gasteiger partial charge is 0.187 e. The third-order valence-electron chi connectivity index (χ3n) is 14.4. The van der Waals surface area contributed by atoms with Gasteiger partial charge in [0, 0.05) is 19.4 Å². The summed E-state index contributed by atoms with van der Waals surface area (Å²) in [4.78, 5) is 0. The molecule has 0 amide bonds. The van der Waals surface area contributed by atoms with Crippen LogP contribution < -0.4 is 0 Å². The largest absolute Gasteiger partial charge is 0.390 e. The third-order valence-corrected chi connectivity index (χ3v) is 14.4. The summed E-state index contributed by atoms with van der Waals surface area (Å²) in [6.07, 6.45) is -4.15. The molecular formula is C39H64O14.